The summed E-state index contributed by atoms with van der Waals surface area (Å²) in [7, 11) is -3.57. The van der Waals surface area contributed by atoms with Gasteiger partial charge in [0.2, 0.25) is 10.0 Å². The second kappa shape index (κ2) is 5.60. The van der Waals surface area contributed by atoms with Crippen LogP contribution in [0.3, 0.4) is 0 Å². The van der Waals surface area contributed by atoms with Crippen LogP contribution in [0, 0.1) is 12.8 Å². The average Bonchev–Trinajstić information content (AvgIpc) is 3.05. The van der Waals surface area contributed by atoms with Crippen LogP contribution in [-0.2, 0) is 10.0 Å². The van der Waals surface area contributed by atoms with Crippen molar-refractivity contribution in [3.8, 4) is 0 Å². The molecule has 1 aromatic heterocycles. The number of aryl methyl sites for hydroxylation is 1. The van der Waals surface area contributed by atoms with Gasteiger partial charge in [-0.3, -0.25) is 0 Å². The average molecular weight is 303 g/mol. The Morgan fingerprint density at radius 3 is 2.74 bits per heavy atom. The van der Waals surface area contributed by atoms with Crippen LogP contribution in [0.1, 0.15) is 40.9 Å². The molecule has 0 aliphatic heterocycles. The second-order valence-electron chi connectivity index (χ2n) is 4.87. The molecule has 0 saturated heterocycles. The molecule has 0 atom stereocenters. The van der Waals surface area contributed by atoms with E-state index in [0.29, 0.717) is 12.1 Å². The van der Waals surface area contributed by atoms with E-state index >= 15 is 0 Å². The molecule has 1 aromatic rings. The molecule has 2 rings (SSSR count). The number of thiophene rings is 1. The summed E-state index contributed by atoms with van der Waals surface area (Å²) in [6.45, 7) is 2.02. The van der Waals surface area contributed by atoms with Crippen molar-refractivity contribution in [2.75, 3.05) is 6.54 Å². The van der Waals surface area contributed by atoms with Gasteiger partial charge in [0.25, 0.3) is 0 Å². The minimum absolute atomic E-state index is 0.0776. The molecule has 0 radical (unpaired) electrons. The number of hydrogen-bond acceptors (Lipinski definition) is 4. The van der Waals surface area contributed by atoms with Crippen LogP contribution in [0.25, 0.3) is 0 Å². The third-order valence-corrected chi connectivity index (χ3v) is 6.29. The molecule has 2 N–H and O–H groups in total. The summed E-state index contributed by atoms with van der Waals surface area (Å²) in [5.74, 6) is -0.301. The van der Waals surface area contributed by atoms with E-state index in [9.17, 15) is 13.2 Å². The van der Waals surface area contributed by atoms with Crippen LogP contribution in [0.4, 0.5) is 0 Å². The summed E-state index contributed by atoms with van der Waals surface area (Å²) in [4.78, 5) is 11.0. The molecule has 1 saturated carbocycles. The highest BCUT2D eigenvalue weighted by Gasteiger charge is 2.23. The summed E-state index contributed by atoms with van der Waals surface area (Å²) in [6.07, 6.45) is 4.42. The first-order valence-corrected chi connectivity index (χ1v) is 8.53. The Balaban J connectivity index is 1.97. The zero-order valence-corrected chi connectivity index (χ0v) is 12.3. The molecule has 0 aromatic carbocycles. The molecular formula is C12H17NO4S2. The number of carboxylic acids is 1. The Labute approximate surface area is 116 Å². The van der Waals surface area contributed by atoms with Crippen LogP contribution >= 0.6 is 11.3 Å². The first kappa shape index (κ1) is 14.5. The summed E-state index contributed by atoms with van der Waals surface area (Å²) in [5.41, 5.74) is 0.482. The van der Waals surface area contributed by atoms with E-state index in [1.807, 2.05) is 0 Å². The predicted octanol–water partition coefficient (Wildman–Crippen LogP) is 2.22. The van der Waals surface area contributed by atoms with Gasteiger partial charge in [-0.2, -0.15) is 0 Å². The molecule has 1 aliphatic carbocycles. The Hall–Kier alpha value is -0.920. The molecule has 0 amide bonds. The summed E-state index contributed by atoms with van der Waals surface area (Å²) in [6, 6.07) is 1.41. The number of hydrogen-bond donors (Lipinski definition) is 2. The quantitative estimate of drug-likeness (QED) is 0.757. The van der Waals surface area contributed by atoms with E-state index in [-0.39, 0.29) is 9.09 Å². The fraction of sp³-hybridized carbons (Fsp3) is 0.583. The highest BCUT2D eigenvalue weighted by atomic mass is 32.2. The van der Waals surface area contributed by atoms with Gasteiger partial charge in [-0.1, -0.05) is 12.8 Å². The van der Waals surface area contributed by atoms with Crippen LogP contribution < -0.4 is 4.72 Å². The summed E-state index contributed by atoms with van der Waals surface area (Å²) < 4.78 is 26.6. The van der Waals surface area contributed by atoms with Gasteiger partial charge < -0.3 is 5.11 Å². The molecule has 106 valence electrons. The number of nitrogens with one attached hydrogen (secondary N) is 1. The Morgan fingerprint density at radius 2 is 2.21 bits per heavy atom. The summed E-state index contributed by atoms with van der Waals surface area (Å²) in [5, 5.41) is 8.92. The van der Waals surface area contributed by atoms with Crippen molar-refractivity contribution in [3.05, 3.63) is 16.5 Å². The molecule has 7 heteroatoms. The number of rotatable bonds is 7. The second-order valence-corrected chi connectivity index (χ2v) is 7.91. The largest absolute Gasteiger partial charge is 0.477 e. The van der Waals surface area contributed by atoms with Gasteiger partial charge in [-0.05, 0) is 37.3 Å². The van der Waals surface area contributed by atoms with E-state index < -0.39 is 16.0 Å². The third kappa shape index (κ3) is 3.77. The van der Waals surface area contributed by atoms with Gasteiger partial charge in [0.1, 0.15) is 9.09 Å². The van der Waals surface area contributed by atoms with Crippen LogP contribution in [0.5, 0.6) is 0 Å². The molecule has 1 heterocycles. The Morgan fingerprint density at radius 1 is 1.53 bits per heavy atom. The smallest absolute Gasteiger partial charge is 0.346 e. The number of aromatic carboxylic acids is 1. The maximum Gasteiger partial charge on any atom is 0.346 e. The van der Waals surface area contributed by atoms with Crippen LogP contribution in [-0.4, -0.2) is 26.0 Å². The van der Waals surface area contributed by atoms with Crippen molar-refractivity contribution >= 4 is 27.3 Å². The molecule has 1 fully saturated rings. The first-order valence-electron chi connectivity index (χ1n) is 6.23. The standard InChI is InChI=1S/C12H17NO4S2/c1-8-7-10(18-11(8)12(14)15)19(16,17)13-6-2-3-9-4-5-9/h7,9,13H,2-6H2,1H3,(H,14,15). The Bertz CT molecular complexity index is 573. The number of carbonyl (C=O) groups is 1. The SMILES string of the molecule is Cc1cc(S(=O)(=O)NCCCC2CC2)sc1C(=O)O. The third-order valence-electron chi connectivity index (χ3n) is 3.13. The normalized spacial score (nSPS) is 15.6. The monoisotopic (exact) mass is 303 g/mol. The lowest BCUT2D eigenvalue weighted by molar-refractivity contribution is 0.0701. The predicted molar refractivity (Wildman–Crippen MR) is 73.2 cm³/mol. The minimum Gasteiger partial charge on any atom is -0.477 e. The van der Waals surface area contributed by atoms with E-state index in [0.717, 1.165) is 30.1 Å². The van der Waals surface area contributed by atoms with Crippen molar-refractivity contribution in [1.82, 2.24) is 4.72 Å². The highest BCUT2D eigenvalue weighted by Crippen LogP contribution is 2.33. The van der Waals surface area contributed by atoms with Gasteiger partial charge in [-0.15, -0.1) is 11.3 Å². The van der Waals surface area contributed by atoms with Crippen molar-refractivity contribution in [3.63, 3.8) is 0 Å². The van der Waals surface area contributed by atoms with E-state index in [4.69, 9.17) is 5.11 Å². The number of sulfonamides is 1. The first-order chi connectivity index (χ1) is 8.90. The van der Waals surface area contributed by atoms with Crippen molar-refractivity contribution in [2.24, 2.45) is 5.92 Å². The molecule has 5 nitrogen and oxygen atoms in total. The van der Waals surface area contributed by atoms with Gasteiger partial charge in [0.05, 0.1) is 0 Å². The maximum absolute atomic E-state index is 12.0. The Kier molecular flexibility index (Phi) is 4.27. The van der Waals surface area contributed by atoms with Crippen molar-refractivity contribution in [1.29, 1.82) is 0 Å². The number of carboxylic acid groups (broad SMARTS) is 1. The van der Waals surface area contributed by atoms with E-state index in [1.165, 1.54) is 18.9 Å². The van der Waals surface area contributed by atoms with Gasteiger partial charge in [-0.25, -0.2) is 17.9 Å². The topological polar surface area (TPSA) is 83.5 Å². The van der Waals surface area contributed by atoms with Gasteiger partial charge in [0, 0.05) is 6.54 Å². The van der Waals surface area contributed by atoms with Crippen molar-refractivity contribution in [2.45, 2.75) is 36.8 Å². The lowest BCUT2D eigenvalue weighted by Crippen LogP contribution is -2.24. The maximum atomic E-state index is 12.0. The van der Waals surface area contributed by atoms with Crippen LogP contribution in [0.2, 0.25) is 0 Å². The lowest BCUT2D eigenvalue weighted by Gasteiger charge is -2.03. The summed E-state index contributed by atoms with van der Waals surface area (Å²) >= 11 is 0.801. The zero-order valence-electron chi connectivity index (χ0n) is 10.7. The molecule has 0 bridgehead atoms. The van der Waals surface area contributed by atoms with Crippen molar-refractivity contribution < 1.29 is 18.3 Å². The fourth-order valence-corrected chi connectivity index (χ4v) is 4.37. The molecule has 19 heavy (non-hydrogen) atoms. The van der Waals surface area contributed by atoms with Crippen LogP contribution in [0.15, 0.2) is 10.3 Å². The minimum atomic E-state index is -3.57. The lowest BCUT2D eigenvalue weighted by atomic mass is 10.2. The molecular weight excluding hydrogens is 286 g/mol. The zero-order chi connectivity index (χ0) is 14.0. The van der Waals surface area contributed by atoms with E-state index in [2.05, 4.69) is 4.72 Å². The highest BCUT2D eigenvalue weighted by molar-refractivity contribution is 7.91. The molecule has 0 spiro atoms. The van der Waals surface area contributed by atoms with Gasteiger partial charge >= 0.3 is 5.97 Å². The molecule has 1 aliphatic rings. The molecule has 0 unspecified atom stereocenters. The fourth-order valence-electron chi connectivity index (χ4n) is 1.87. The van der Waals surface area contributed by atoms with Gasteiger partial charge in [0.15, 0.2) is 0 Å². The van der Waals surface area contributed by atoms with E-state index in [1.54, 1.807) is 6.92 Å².